The van der Waals surface area contributed by atoms with E-state index in [2.05, 4.69) is 5.32 Å². The van der Waals surface area contributed by atoms with E-state index in [0.29, 0.717) is 55.7 Å². The molecule has 1 aliphatic heterocycles. The Kier molecular flexibility index (Phi) is 7.64. The molecule has 186 valence electrons. The van der Waals surface area contributed by atoms with Gasteiger partial charge in [-0.2, -0.15) is 0 Å². The number of nitro benzene ring substituents is 1. The molecule has 1 aliphatic rings. The van der Waals surface area contributed by atoms with Crippen molar-refractivity contribution in [2.45, 2.75) is 6.92 Å². The Morgan fingerprint density at radius 2 is 1.61 bits per heavy atom. The number of hydrogen-bond acceptors (Lipinski definition) is 7. The van der Waals surface area contributed by atoms with Crippen LogP contribution >= 0.6 is 0 Å². The third-order valence-corrected chi connectivity index (χ3v) is 5.67. The van der Waals surface area contributed by atoms with Gasteiger partial charge in [0.25, 0.3) is 11.6 Å². The van der Waals surface area contributed by atoms with E-state index in [1.807, 2.05) is 35.2 Å². The highest BCUT2D eigenvalue weighted by atomic mass is 16.6. The lowest BCUT2D eigenvalue weighted by Crippen LogP contribution is -2.49. The Balaban J connectivity index is 1.42. The fourth-order valence-electron chi connectivity index (χ4n) is 3.86. The summed E-state index contributed by atoms with van der Waals surface area (Å²) in [6.45, 7) is 3.65. The molecule has 1 heterocycles. The van der Waals surface area contributed by atoms with Crippen molar-refractivity contribution < 1.29 is 24.0 Å². The van der Waals surface area contributed by atoms with E-state index in [-0.39, 0.29) is 11.3 Å². The molecule has 0 spiro atoms. The van der Waals surface area contributed by atoms with Crippen molar-refractivity contribution in [1.29, 1.82) is 0 Å². The third kappa shape index (κ3) is 5.90. The van der Waals surface area contributed by atoms with Crippen LogP contribution in [0.15, 0.2) is 72.8 Å². The van der Waals surface area contributed by atoms with Crippen molar-refractivity contribution in [2.24, 2.45) is 0 Å². The molecule has 4 rings (SSSR count). The highest BCUT2D eigenvalue weighted by molar-refractivity contribution is 6.05. The van der Waals surface area contributed by atoms with Gasteiger partial charge in [0, 0.05) is 43.5 Å². The monoisotopic (exact) mass is 490 g/mol. The molecule has 0 aromatic heterocycles. The van der Waals surface area contributed by atoms with Crippen LogP contribution in [0.4, 0.5) is 21.9 Å². The summed E-state index contributed by atoms with van der Waals surface area (Å²) in [6.07, 6.45) is -0.390. The molecular weight excluding hydrogens is 464 g/mol. The summed E-state index contributed by atoms with van der Waals surface area (Å²) in [5, 5.41) is 14.5. The quantitative estimate of drug-likeness (QED) is 0.369. The van der Waals surface area contributed by atoms with Crippen LogP contribution in [-0.2, 0) is 4.74 Å². The first kappa shape index (κ1) is 24.5. The maximum absolute atomic E-state index is 12.8. The molecule has 10 heteroatoms. The van der Waals surface area contributed by atoms with Gasteiger partial charge in [-0.05, 0) is 55.5 Å². The standard InChI is InChI=1S/C26H26N4O6/c1-2-35-26(32)29-16-14-28(15-17-29)23-13-8-19(18-24(23)30(33)34)25(31)27-20-9-11-22(12-10-20)36-21-6-4-3-5-7-21/h3-13,18H,2,14-17H2,1H3,(H,27,31). The molecule has 0 unspecified atom stereocenters. The van der Waals surface area contributed by atoms with Gasteiger partial charge in [-0.15, -0.1) is 0 Å². The Morgan fingerprint density at radius 1 is 0.944 bits per heavy atom. The number of anilines is 2. The number of nitrogens with zero attached hydrogens (tertiary/aromatic N) is 3. The molecule has 0 aliphatic carbocycles. The smallest absolute Gasteiger partial charge is 0.409 e. The molecule has 0 bridgehead atoms. The fourth-order valence-corrected chi connectivity index (χ4v) is 3.86. The summed E-state index contributed by atoms with van der Waals surface area (Å²) in [7, 11) is 0. The van der Waals surface area contributed by atoms with Gasteiger partial charge in [-0.3, -0.25) is 14.9 Å². The number of benzene rings is 3. The van der Waals surface area contributed by atoms with Crippen molar-refractivity contribution in [1.82, 2.24) is 4.90 Å². The van der Waals surface area contributed by atoms with Crippen molar-refractivity contribution in [3.05, 3.63) is 88.5 Å². The zero-order valence-corrected chi connectivity index (χ0v) is 19.8. The average molecular weight is 491 g/mol. The van der Waals surface area contributed by atoms with E-state index in [9.17, 15) is 19.7 Å². The summed E-state index contributed by atoms with van der Waals surface area (Å²) < 4.78 is 10.8. The Morgan fingerprint density at radius 3 is 2.25 bits per heavy atom. The minimum Gasteiger partial charge on any atom is -0.457 e. The minimum atomic E-state index is -0.500. The van der Waals surface area contributed by atoms with Gasteiger partial charge in [0.05, 0.1) is 11.5 Å². The first-order valence-corrected chi connectivity index (χ1v) is 11.5. The maximum atomic E-state index is 12.8. The second kappa shape index (κ2) is 11.2. The molecule has 3 aromatic rings. The van der Waals surface area contributed by atoms with Gasteiger partial charge >= 0.3 is 6.09 Å². The fraction of sp³-hybridized carbons (Fsp3) is 0.231. The first-order chi connectivity index (χ1) is 17.4. The molecule has 0 atom stereocenters. The molecule has 0 saturated carbocycles. The molecule has 1 N–H and O–H groups in total. The molecule has 1 saturated heterocycles. The molecule has 2 amide bonds. The minimum absolute atomic E-state index is 0.167. The van der Waals surface area contributed by atoms with Gasteiger partial charge in [0.15, 0.2) is 0 Å². The van der Waals surface area contributed by atoms with Crippen molar-refractivity contribution in [3.63, 3.8) is 0 Å². The second-order valence-electron chi connectivity index (χ2n) is 8.03. The highest BCUT2D eigenvalue weighted by Crippen LogP contribution is 2.31. The van der Waals surface area contributed by atoms with Crippen molar-refractivity contribution >= 4 is 29.1 Å². The number of ether oxygens (including phenoxy) is 2. The lowest BCUT2D eigenvalue weighted by atomic mass is 10.1. The number of nitro groups is 1. The van der Waals surface area contributed by atoms with Crippen LogP contribution in [0, 0.1) is 10.1 Å². The SMILES string of the molecule is CCOC(=O)N1CCN(c2ccc(C(=O)Nc3ccc(Oc4ccccc4)cc3)cc2[N+](=O)[O-])CC1. The second-order valence-corrected chi connectivity index (χ2v) is 8.03. The summed E-state index contributed by atoms with van der Waals surface area (Å²) in [5.74, 6) is 0.847. The number of rotatable bonds is 7. The van der Waals surface area contributed by atoms with Crippen LogP contribution in [0.5, 0.6) is 11.5 Å². The predicted molar refractivity (Wildman–Crippen MR) is 135 cm³/mol. The van der Waals surface area contributed by atoms with Gasteiger partial charge in [0.2, 0.25) is 0 Å². The number of piperazine rings is 1. The van der Waals surface area contributed by atoms with E-state index >= 15 is 0 Å². The molecule has 36 heavy (non-hydrogen) atoms. The summed E-state index contributed by atoms with van der Waals surface area (Å²) in [5.41, 5.74) is 0.934. The van der Waals surface area contributed by atoms with Gasteiger partial charge < -0.3 is 24.6 Å². The Labute approximate surface area is 208 Å². The maximum Gasteiger partial charge on any atom is 0.409 e. The molecule has 0 radical (unpaired) electrons. The number of para-hydroxylation sites is 1. The molecular formula is C26H26N4O6. The number of carbonyl (C=O) groups is 2. The van der Waals surface area contributed by atoms with Crippen LogP contribution in [0.25, 0.3) is 0 Å². The Hall–Kier alpha value is -4.60. The van der Waals surface area contributed by atoms with Crippen molar-refractivity contribution in [2.75, 3.05) is 43.0 Å². The molecule has 3 aromatic carbocycles. The summed E-state index contributed by atoms with van der Waals surface area (Å²) >= 11 is 0. The van der Waals surface area contributed by atoms with Gasteiger partial charge in [0.1, 0.15) is 17.2 Å². The third-order valence-electron chi connectivity index (χ3n) is 5.67. The van der Waals surface area contributed by atoms with Crippen LogP contribution in [0.3, 0.4) is 0 Å². The zero-order valence-electron chi connectivity index (χ0n) is 19.8. The van der Waals surface area contributed by atoms with Crippen molar-refractivity contribution in [3.8, 4) is 11.5 Å². The van der Waals surface area contributed by atoms with Crippen LogP contribution in [-0.4, -0.2) is 54.6 Å². The number of hydrogen-bond donors (Lipinski definition) is 1. The van der Waals surface area contributed by atoms with Crippen LogP contribution in [0.2, 0.25) is 0 Å². The number of carbonyl (C=O) groups excluding carboxylic acids is 2. The predicted octanol–water partition coefficient (Wildman–Crippen LogP) is 4.92. The van der Waals surface area contributed by atoms with Crippen LogP contribution in [0.1, 0.15) is 17.3 Å². The van der Waals surface area contributed by atoms with Gasteiger partial charge in [-0.1, -0.05) is 18.2 Å². The number of amides is 2. The normalized spacial score (nSPS) is 13.1. The lowest BCUT2D eigenvalue weighted by molar-refractivity contribution is -0.384. The van der Waals surface area contributed by atoms with Gasteiger partial charge in [-0.25, -0.2) is 4.79 Å². The van der Waals surface area contributed by atoms with E-state index < -0.39 is 16.9 Å². The largest absolute Gasteiger partial charge is 0.457 e. The zero-order chi connectivity index (χ0) is 25.5. The first-order valence-electron chi connectivity index (χ1n) is 11.5. The van der Waals surface area contributed by atoms with E-state index in [4.69, 9.17) is 9.47 Å². The topological polar surface area (TPSA) is 114 Å². The van der Waals surface area contributed by atoms with E-state index in [1.54, 1.807) is 48.2 Å². The highest BCUT2D eigenvalue weighted by Gasteiger charge is 2.27. The average Bonchev–Trinajstić information content (AvgIpc) is 2.90. The molecule has 10 nitrogen and oxygen atoms in total. The lowest BCUT2D eigenvalue weighted by Gasteiger charge is -2.35. The summed E-state index contributed by atoms with van der Waals surface area (Å²) in [4.78, 5) is 39.4. The van der Waals surface area contributed by atoms with E-state index in [1.165, 1.54) is 6.07 Å². The Bertz CT molecular complexity index is 1220. The van der Waals surface area contributed by atoms with Crippen LogP contribution < -0.4 is 15.0 Å². The van der Waals surface area contributed by atoms with E-state index in [0.717, 1.165) is 0 Å². The number of nitrogens with one attached hydrogen (secondary N) is 1. The molecule has 1 fully saturated rings. The summed E-state index contributed by atoms with van der Waals surface area (Å²) in [6, 6.07) is 20.6.